The average molecular weight is 461 g/mol. The minimum atomic E-state index is -0.292. The number of amides is 1. The third-order valence-corrected chi connectivity index (χ3v) is 7.59. The summed E-state index contributed by atoms with van der Waals surface area (Å²) < 4.78 is 7.66. The number of carbonyl (C=O) groups is 1. The Morgan fingerprint density at radius 1 is 1.15 bits per heavy atom. The van der Waals surface area contributed by atoms with Crippen LogP contribution < -0.4 is 10.2 Å². The van der Waals surface area contributed by atoms with Gasteiger partial charge < -0.3 is 14.6 Å². The molecule has 5 rings (SSSR count). The van der Waals surface area contributed by atoms with Gasteiger partial charge >= 0.3 is 6.09 Å². The van der Waals surface area contributed by atoms with E-state index in [4.69, 9.17) is 9.72 Å². The molecular formula is C28H36N4O2. The third kappa shape index (κ3) is 4.20. The van der Waals surface area contributed by atoms with Crippen molar-refractivity contribution in [1.29, 1.82) is 0 Å². The number of hydrogen-bond donors (Lipinski definition) is 1. The fourth-order valence-electron chi connectivity index (χ4n) is 5.84. The van der Waals surface area contributed by atoms with Crippen molar-refractivity contribution in [2.45, 2.75) is 70.4 Å². The van der Waals surface area contributed by atoms with Crippen LogP contribution in [0.4, 0.5) is 10.5 Å². The maximum absolute atomic E-state index is 12.6. The van der Waals surface area contributed by atoms with Crippen molar-refractivity contribution >= 4 is 22.8 Å². The van der Waals surface area contributed by atoms with Crippen LogP contribution in [0.1, 0.15) is 68.4 Å². The lowest BCUT2D eigenvalue weighted by Crippen LogP contribution is -2.42. The molecule has 1 fully saturated rings. The highest BCUT2D eigenvalue weighted by Crippen LogP contribution is 2.39. The molecule has 2 unspecified atom stereocenters. The van der Waals surface area contributed by atoms with Gasteiger partial charge in [0.25, 0.3) is 0 Å². The molecule has 34 heavy (non-hydrogen) atoms. The Bertz CT molecular complexity index is 1150. The first-order valence-corrected chi connectivity index (χ1v) is 12.7. The van der Waals surface area contributed by atoms with E-state index in [2.05, 4.69) is 66.2 Å². The van der Waals surface area contributed by atoms with Gasteiger partial charge in [0.15, 0.2) is 0 Å². The molecule has 0 aliphatic carbocycles. The van der Waals surface area contributed by atoms with Crippen LogP contribution in [0.15, 0.2) is 42.5 Å². The summed E-state index contributed by atoms with van der Waals surface area (Å²) in [4.78, 5) is 19.8. The van der Waals surface area contributed by atoms with Crippen LogP contribution in [0, 0.1) is 0 Å². The summed E-state index contributed by atoms with van der Waals surface area (Å²) >= 11 is 0. The van der Waals surface area contributed by atoms with E-state index in [0.717, 1.165) is 56.4 Å². The van der Waals surface area contributed by atoms with Crippen LogP contribution in [0.3, 0.4) is 0 Å². The SMILES string of the molecule is COC(=O)N1c2ccc3c(nc(C(C)Cc4ccccc4)n3C3CCCNCC3)c2CC[C@@H]1C. The number of fused-ring (bicyclic) bond motifs is 3. The van der Waals surface area contributed by atoms with Gasteiger partial charge in [-0.25, -0.2) is 9.78 Å². The Labute approximate surface area is 202 Å². The Balaban J connectivity index is 1.64. The molecule has 1 saturated heterocycles. The molecule has 1 aromatic heterocycles. The highest BCUT2D eigenvalue weighted by atomic mass is 16.5. The molecule has 0 bridgehead atoms. The minimum absolute atomic E-state index is 0.115. The quantitative estimate of drug-likeness (QED) is 0.550. The molecule has 0 radical (unpaired) electrons. The molecule has 0 spiro atoms. The van der Waals surface area contributed by atoms with E-state index in [0.29, 0.717) is 12.0 Å². The molecule has 3 atom stereocenters. The molecule has 3 heterocycles. The van der Waals surface area contributed by atoms with Crippen LogP contribution in [-0.4, -0.2) is 41.9 Å². The van der Waals surface area contributed by atoms with Crippen molar-refractivity contribution in [3.05, 3.63) is 59.4 Å². The largest absolute Gasteiger partial charge is 0.452 e. The first kappa shape index (κ1) is 22.9. The summed E-state index contributed by atoms with van der Waals surface area (Å²) in [6, 6.07) is 15.6. The number of aromatic nitrogens is 2. The van der Waals surface area contributed by atoms with Crippen molar-refractivity contribution < 1.29 is 9.53 Å². The lowest BCUT2D eigenvalue weighted by atomic mass is 9.95. The Morgan fingerprint density at radius 2 is 1.97 bits per heavy atom. The van der Waals surface area contributed by atoms with E-state index >= 15 is 0 Å². The van der Waals surface area contributed by atoms with Gasteiger partial charge in [0.05, 0.1) is 23.8 Å². The Kier molecular flexibility index (Phi) is 6.59. The number of hydrogen-bond acceptors (Lipinski definition) is 4. The van der Waals surface area contributed by atoms with Crippen LogP contribution in [0.5, 0.6) is 0 Å². The topological polar surface area (TPSA) is 59.4 Å². The van der Waals surface area contributed by atoms with E-state index in [1.165, 1.54) is 36.0 Å². The molecule has 0 saturated carbocycles. The summed E-state index contributed by atoms with van der Waals surface area (Å²) in [5, 5.41) is 3.56. The maximum atomic E-state index is 12.6. The molecule has 180 valence electrons. The van der Waals surface area contributed by atoms with Crippen LogP contribution >= 0.6 is 0 Å². The van der Waals surface area contributed by atoms with Crippen molar-refractivity contribution in [2.75, 3.05) is 25.1 Å². The molecule has 1 N–H and O–H groups in total. The monoisotopic (exact) mass is 460 g/mol. The summed E-state index contributed by atoms with van der Waals surface area (Å²) in [7, 11) is 1.46. The first-order valence-electron chi connectivity index (χ1n) is 12.7. The lowest BCUT2D eigenvalue weighted by molar-refractivity contribution is 0.175. The molecule has 1 amide bonds. The fraction of sp³-hybridized carbons (Fsp3) is 0.500. The van der Waals surface area contributed by atoms with Crippen LogP contribution in [-0.2, 0) is 17.6 Å². The van der Waals surface area contributed by atoms with E-state index in [9.17, 15) is 4.79 Å². The zero-order valence-electron chi connectivity index (χ0n) is 20.6. The van der Waals surface area contributed by atoms with Crippen LogP contribution in [0.2, 0.25) is 0 Å². The summed E-state index contributed by atoms with van der Waals surface area (Å²) in [6.07, 6.45) is 5.95. The van der Waals surface area contributed by atoms with Gasteiger partial charge in [0.2, 0.25) is 0 Å². The minimum Gasteiger partial charge on any atom is -0.452 e. The predicted octanol–water partition coefficient (Wildman–Crippen LogP) is 5.60. The number of rotatable bonds is 4. The van der Waals surface area contributed by atoms with E-state index in [1.807, 2.05) is 0 Å². The number of imidazole rings is 1. The molecular weight excluding hydrogens is 424 g/mol. The van der Waals surface area contributed by atoms with Gasteiger partial charge in [0.1, 0.15) is 5.82 Å². The predicted molar refractivity (Wildman–Crippen MR) is 137 cm³/mol. The smallest absolute Gasteiger partial charge is 0.414 e. The normalized spacial score (nSPS) is 21.7. The molecule has 2 aromatic carbocycles. The zero-order chi connectivity index (χ0) is 23.7. The highest BCUT2D eigenvalue weighted by Gasteiger charge is 2.32. The lowest BCUT2D eigenvalue weighted by Gasteiger charge is -2.34. The van der Waals surface area contributed by atoms with Crippen molar-refractivity contribution in [3.8, 4) is 0 Å². The number of aryl methyl sites for hydroxylation is 1. The number of anilines is 1. The number of methoxy groups -OCH3 is 1. The number of benzene rings is 2. The molecule has 3 aromatic rings. The number of ether oxygens (including phenoxy) is 1. The summed E-state index contributed by atoms with van der Waals surface area (Å²) in [5.74, 6) is 1.46. The van der Waals surface area contributed by atoms with Gasteiger partial charge in [0, 0.05) is 23.6 Å². The Morgan fingerprint density at radius 3 is 2.76 bits per heavy atom. The second-order valence-electron chi connectivity index (χ2n) is 9.92. The van der Waals surface area contributed by atoms with Gasteiger partial charge in [-0.1, -0.05) is 37.3 Å². The van der Waals surface area contributed by atoms with Crippen molar-refractivity contribution in [1.82, 2.24) is 14.9 Å². The molecule has 6 heteroatoms. The maximum Gasteiger partial charge on any atom is 0.414 e. The first-order chi connectivity index (χ1) is 16.6. The van der Waals surface area contributed by atoms with Gasteiger partial charge in [-0.3, -0.25) is 4.90 Å². The molecule has 6 nitrogen and oxygen atoms in total. The van der Waals surface area contributed by atoms with Crippen LogP contribution in [0.25, 0.3) is 11.0 Å². The summed E-state index contributed by atoms with van der Waals surface area (Å²) in [5.41, 5.74) is 5.74. The van der Waals surface area contributed by atoms with E-state index in [1.54, 1.807) is 4.90 Å². The second-order valence-corrected chi connectivity index (χ2v) is 9.92. The van der Waals surface area contributed by atoms with Crippen molar-refractivity contribution in [2.24, 2.45) is 0 Å². The van der Waals surface area contributed by atoms with Gasteiger partial charge in [-0.15, -0.1) is 0 Å². The third-order valence-electron chi connectivity index (χ3n) is 7.59. The molecule has 2 aliphatic rings. The number of nitrogens with one attached hydrogen (secondary N) is 1. The second kappa shape index (κ2) is 9.79. The average Bonchev–Trinajstić information content (AvgIpc) is 3.04. The Hall–Kier alpha value is -2.86. The fourth-order valence-corrected chi connectivity index (χ4v) is 5.84. The number of nitrogens with zero attached hydrogens (tertiary/aromatic N) is 3. The van der Waals surface area contributed by atoms with Gasteiger partial charge in [-0.05, 0) is 76.2 Å². The van der Waals surface area contributed by atoms with E-state index in [-0.39, 0.29) is 12.1 Å². The molecule has 2 aliphatic heterocycles. The standard InChI is InChI=1S/C28H36N4O2/c1-19(18-21-8-5-4-6-9-21)27-30-26-23-12-11-20(2)31(28(33)34-3)24(23)13-14-25(26)32(27)22-10-7-16-29-17-15-22/h4-6,8-9,13-14,19-20,22,29H,7,10-12,15-18H2,1-3H3/t19?,20-,22?/m0/s1. The zero-order valence-corrected chi connectivity index (χ0v) is 20.6. The highest BCUT2D eigenvalue weighted by molar-refractivity contribution is 5.95. The number of carbonyl (C=O) groups excluding carboxylic acids is 1. The van der Waals surface area contributed by atoms with E-state index < -0.39 is 0 Å². The van der Waals surface area contributed by atoms with Gasteiger partial charge in [-0.2, -0.15) is 0 Å². The van der Waals surface area contributed by atoms with Crippen molar-refractivity contribution in [3.63, 3.8) is 0 Å². The summed E-state index contributed by atoms with van der Waals surface area (Å²) in [6.45, 7) is 6.51.